The van der Waals surface area contributed by atoms with Crippen LogP contribution in [0.1, 0.15) is 51.9 Å². The second-order valence-corrected chi connectivity index (χ2v) is 6.58. The number of aliphatic hydroxyl groups excluding tert-OH is 1. The van der Waals surface area contributed by atoms with Gasteiger partial charge in [-0.25, -0.2) is 0 Å². The molecule has 0 aromatic carbocycles. The lowest BCUT2D eigenvalue weighted by Crippen LogP contribution is -2.43. The molecule has 19 heavy (non-hydrogen) atoms. The highest BCUT2D eigenvalue weighted by Gasteiger charge is 2.31. The summed E-state index contributed by atoms with van der Waals surface area (Å²) in [5, 5.41) is 10.3. The van der Waals surface area contributed by atoms with Crippen LogP contribution in [0.25, 0.3) is 0 Å². The van der Waals surface area contributed by atoms with Gasteiger partial charge in [0.25, 0.3) is 0 Å². The fourth-order valence-electron chi connectivity index (χ4n) is 3.86. The maximum Gasteiger partial charge on any atom is 0.0580 e. The van der Waals surface area contributed by atoms with E-state index in [4.69, 9.17) is 4.74 Å². The molecule has 2 aliphatic rings. The molecule has 0 radical (unpaired) electrons. The van der Waals surface area contributed by atoms with E-state index in [1.165, 1.54) is 25.7 Å². The molecule has 1 N–H and O–H groups in total. The van der Waals surface area contributed by atoms with E-state index in [0.717, 1.165) is 44.9 Å². The van der Waals surface area contributed by atoms with Crippen LogP contribution >= 0.6 is 0 Å². The van der Waals surface area contributed by atoms with E-state index in [1.54, 1.807) is 0 Å². The summed E-state index contributed by atoms with van der Waals surface area (Å²) in [7, 11) is 2.23. The van der Waals surface area contributed by atoms with Crippen molar-refractivity contribution < 1.29 is 9.84 Å². The Kier molecular flexibility index (Phi) is 6.11. The van der Waals surface area contributed by atoms with Crippen molar-refractivity contribution in [2.45, 2.75) is 64.0 Å². The molecule has 0 spiro atoms. The second kappa shape index (κ2) is 7.61. The number of rotatable bonds is 5. The molecule has 1 saturated carbocycles. The Morgan fingerprint density at radius 3 is 2.58 bits per heavy atom. The van der Waals surface area contributed by atoms with Gasteiger partial charge < -0.3 is 14.7 Å². The quantitative estimate of drug-likeness (QED) is 0.833. The minimum atomic E-state index is -0.0737. The average Bonchev–Trinajstić information content (AvgIpc) is 2.44. The highest BCUT2D eigenvalue weighted by Crippen LogP contribution is 2.33. The smallest absolute Gasteiger partial charge is 0.0580 e. The van der Waals surface area contributed by atoms with Gasteiger partial charge in [0.15, 0.2) is 0 Å². The molecule has 1 heterocycles. The molecule has 2 rings (SSSR count). The van der Waals surface area contributed by atoms with Gasteiger partial charge in [0, 0.05) is 25.8 Å². The molecule has 1 aliphatic heterocycles. The van der Waals surface area contributed by atoms with E-state index < -0.39 is 0 Å². The van der Waals surface area contributed by atoms with E-state index in [2.05, 4.69) is 18.9 Å². The van der Waals surface area contributed by atoms with Crippen LogP contribution in [0.2, 0.25) is 0 Å². The SMILES string of the molecule is CCCC1CCC(O)C(CN(C)C2CCOCC2)C1. The van der Waals surface area contributed by atoms with E-state index in [0.29, 0.717) is 12.0 Å². The predicted molar refractivity (Wildman–Crippen MR) is 78.2 cm³/mol. The second-order valence-electron chi connectivity index (χ2n) is 6.58. The number of hydrogen-bond donors (Lipinski definition) is 1. The van der Waals surface area contributed by atoms with Crippen LogP contribution in [0.3, 0.4) is 0 Å². The van der Waals surface area contributed by atoms with Crippen molar-refractivity contribution in [2.75, 3.05) is 26.8 Å². The van der Waals surface area contributed by atoms with Gasteiger partial charge in [0.05, 0.1) is 6.10 Å². The summed E-state index contributed by atoms with van der Waals surface area (Å²) >= 11 is 0. The summed E-state index contributed by atoms with van der Waals surface area (Å²) in [6.07, 6.45) is 8.31. The van der Waals surface area contributed by atoms with Gasteiger partial charge in [-0.3, -0.25) is 0 Å². The van der Waals surface area contributed by atoms with Crippen LogP contribution in [0, 0.1) is 11.8 Å². The van der Waals surface area contributed by atoms with Gasteiger partial charge >= 0.3 is 0 Å². The molecular weight excluding hydrogens is 238 g/mol. The number of ether oxygens (including phenoxy) is 1. The zero-order chi connectivity index (χ0) is 13.7. The van der Waals surface area contributed by atoms with Crippen molar-refractivity contribution >= 4 is 0 Å². The Bertz CT molecular complexity index is 253. The maximum absolute atomic E-state index is 10.3. The van der Waals surface area contributed by atoms with Crippen LogP contribution in [0.4, 0.5) is 0 Å². The van der Waals surface area contributed by atoms with Crippen molar-refractivity contribution in [3.8, 4) is 0 Å². The zero-order valence-electron chi connectivity index (χ0n) is 12.7. The first-order valence-corrected chi connectivity index (χ1v) is 8.16. The topological polar surface area (TPSA) is 32.7 Å². The van der Waals surface area contributed by atoms with Gasteiger partial charge in [0.1, 0.15) is 0 Å². The van der Waals surface area contributed by atoms with Crippen LogP contribution in [-0.2, 0) is 4.74 Å². The monoisotopic (exact) mass is 269 g/mol. The van der Waals surface area contributed by atoms with Crippen LogP contribution in [-0.4, -0.2) is 49.0 Å². The maximum atomic E-state index is 10.3. The molecule has 2 fully saturated rings. The third kappa shape index (κ3) is 4.44. The average molecular weight is 269 g/mol. The number of hydrogen-bond acceptors (Lipinski definition) is 3. The minimum absolute atomic E-state index is 0.0737. The highest BCUT2D eigenvalue weighted by molar-refractivity contribution is 4.83. The molecule has 0 amide bonds. The molecule has 3 nitrogen and oxygen atoms in total. The molecule has 0 aromatic rings. The lowest BCUT2D eigenvalue weighted by molar-refractivity contribution is 0.00133. The summed E-state index contributed by atoms with van der Waals surface area (Å²) in [6.45, 7) is 5.14. The fraction of sp³-hybridized carbons (Fsp3) is 1.00. The van der Waals surface area contributed by atoms with Crippen molar-refractivity contribution in [3.63, 3.8) is 0 Å². The lowest BCUT2D eigenvalue weighted by atomic mass is 9.77. The van der Waals surface area contributed by atoms with Gasteiger partial charge in [0.2, 0.25) is 0 Å². The first-order chi connectivity index (χ1) is 9.20. The number of nitrogens with zero attached hydrogens (tertiary/aromatic N) is 1. The van der Waals surface area contributed by atoms with Gasteiger partial charge in [-0.15, -0.1) is 0 Å². The van der Waals surface area contributed by atoms with Crippen LogP contribution < -0.4 is 0 Å². The fourth-order valence-corrected chi connectivity index (χ4v) is 3.86. The summed E-state index contributed by atoms with van der Waals surface area (Å²) in [4.78, 5) is 2.48. The molecular formula is C16H31NO2. The van der Waals surface area contributed by atoms with Crippen molar-refractivity contribution in [3.05, 3.63) is 0 Å². The summed E-state index contributed by atoms with van der Waals surface area (Å²) < 4.78 is 5.43. The van der Waals surface area contributed by atoms with E-state index in [-0.39, 0.29) is 6.10 Å². The van der Waals surface area contributed by atoms with Crippen LogP contribution in [0.5, 0.6) is 0 Å². The van der Waals surface area contributed by atoms with E-state index >= 15 is 0 Å². The Labute approximate surface area is 118 Å². The summed E-state index contributed by atoms with van der Waals surface area (Å²) in [6, 6.07) is 0.660. The minimum Gasteiger partial charge on any atom is -0.393 e. The largest absolute Gasteiger partial charge is 0.393 e. The Hall–Kier alpha value is -0.120. The Balaban J connectivity index is 1.81. The molecule has 1 saturated heterocycles. The lowest BCUT2D eigenvalue weighted by Gasteiger charge is -2.39. The van der Waals surface area contributed by atoms with Gasteiger partial charge in [-0.05, 0) is 51.0 Å². The Morgan fingerprint density at radius 1 is 1.16 bits per heavy atom. The molecule has 112 valence electrons. The molecule has 3 unspecified atom stereocenters. The molecule has 1 aliphatic carbocycles. The van der Waals surface area contributed by atoms with Gasteiger partial charge in [-0.2, -0.15) is 0 Å². The normalized spacial score (nSPS) is 33.8. The molecule has 3 heteroatoms. The summed E-state index contributed by atoms with van der Waals surface area (Å²) in [5.41, 5.74) is 0. The first-order valence-electron chi connectivity index (χ1n) is 8.16. The molecule has 0 aromatic heterocycles. The predicted octanol–water partition coefficient (Wildman–Crippen LogP) is 2.67. The Morgan fingerprint density at radius 2 is 1.89 bits per heavy atom. The molecule has 0 bridgehead atoms. The van der Waals surface area contributed by atoms with Crippen LogP contribution in [0.15, 0.2) is 0 Å². The third-order valence-electron chi connectivity index (χ3n) is 5.08. The third-order valence-corrected chi connectivity index (χ3v) is 5.08. The van der Waals surface area contributed by atoms with E-state index in [9.17, 15) is 5.11 Å². The van der Waals surface area contributed by atoms with E-state index in [1.807, 2.05) is 0 Å². The van der Waals surface area contributed by atoms with Crippen molar-refractivity contribution in [1.82, 2.24) is 4.90 Å². The van der Waals surface area contributed by atoms with Crippen molar-refractivity contribution in [1.29, 1.82) is 0 Å². The first kappa shape index (κ1) is 15.3. The summed E-state index contributed by atoms with van der Waals surface area (Å²) in [5.74, 6) is 1.33. The van der Waals surface area contributed by atoms with Crippen molar-refractivity contribution in [2.24, 2.45) is 11.8 Å². The zero-order valence-corrected chi connectivity index (χ0v) is 12.7. The number of aliphatic hydroxyl groups is 1. The van der Waals surface area contributed by atoms with Gasteiger partial charge in [-0.1, -0.05) is 19.8 Å². The standard InChI is InChI=1S/C16H31NO2/c1-3-4-13-5-6-16(18)14(11-13)12-17(2)15-7-9-19-10-8-15/h13-16,18H,3-12H2,1-2H3. The molecule has 3 atom stereocenters. The highest BCUT2D eigenvalue weighted by atomic mass is 16.5.